The summed E-state index contributed by atoms with van der Waals surface area (Å²) in [6.07, 6.45) is 6.29. The number of hydrogen-bond acceptors (Lipinski definition) is 2. The molecule has 0 radical (unpaired) electrons. The lowest BCUT2D eigenvalue weighted by Crippen LogP contribution is -2.26. The minimum absolute atomic E-state index is 0.364. The lowest BCUT2D eigenvalue weighted by molar-refractivity contribution is 0.452. The molecule has 0 saturated carbocycles. The van der Waals surface area contributed by atoms with Gasteiger partial charge in [-0.3, -0.25) is 0 Å². The third kappa shape index (κ3) is 3.41. The van der Waals surface area contributed by atoms with Gasteiger partial charge in [0, 0.05) is 9.64 Å². The van der Waals surface area contributed by atoms with Gasteiger partial charge in [0.15, 0.2) is 0 Å². The zero-order valence-electron chi connectivity index (χ0n) is 14.5. The van der Waals surface area contributed by atoms with E-state index in [1.54, 1.807) is 0 Å². The van der Waals surface area contributed by atoms with Crippen molar-refractivity contribution >= 4 is 11.8 Å². The second-order valence-corrected chi connectivity index (χ2v) is 8.97. The fraction of sp³-hybridized carbons (Fsp3) is 0.684. The molecule has 0 fully saturated rings. The van der Waals surface area contributed by atoms with Crippen LogP contribution in [-0.2, 0) is 6.42 Å². The molecule has 1 nitrogen and oxygen atoms in total. The third-order valence-electron chi connectivity index (χ3n) is 5.08. The summed E-state index contributed by atoms with van der Waals surface area (Å²) in [5.41, 5.74) is 4.84. The van der Waals surface area contributed by atoms with Crippen LogP contribution in [0.15, 0.2) is 4.90 Å². The van der Waals surface area contributed by atoms with Crippen molar-refractivity contribution < 1.29 is 5.11 Å². The lowest BCUT2D eigenvalue weighted by atomic mass is 9.89. The van der Waals surface area contributed by atoms with Crippen LogP contribution >= 0.6 is 11.8 Å². The predicted octanol–water partition coefficient (Wildman–Crippen LogP) is 5.94. The Morgan fingerprint density at radius 3 is 2.43 bits per heavy atom. The highest BCUT2D eigenvalue weighted by molar-refractivity contribution is 8.00. The Kier molecular flexibility index (Phi) is 4.97. The highest BCUT2D eigenvalue weighted by Gasteiger charge is 2.33. The average molecular weight is 307 g/mol. The van der Waals surface area contributed by atoms with Crippen LogP contribution in [0, 0.1) is 26.7 Å². The summed E-state index contributed by atoms with van der Waals surface area (Å²) in [7, 11) is 0. The van der Waals surface area contributed by atoms with Gasteiger partial charge in [-0.1, -0.05) is 33.6 Å². The zero-order valence-corrected chi connectivity index (χ0v) is 15.3. The molecule has 0 bridgehead atoms. The molecule has 2 rings (SSSR count). The molecule has 1 atom stereocenters. The van der Waals surface area contributed by atoms with Crippen LogP contribution in [0.2, 0.25) is 0 Å². The maximum Gasteiger partial charge on any atom is 0.122 e. The first kappa shape index (κ1) is 16.7. The van der Waals surface area contributed by atoms with Gasteiger partial charge in [-0.15, -0.1) is 11.8 Å². The molecular formula is C19H30OS. The van der Waals surface area contributed by atoms with Gasteiger partial charge in [-0.25, -0.2) is 0 Å². The van der Waals surface area contributed by atoms with Crippen molar-refractivity contribution in [3.05, 3.63) is 22.3 Å². The Hall–Kier alpha value is -0.630. The number of aromatic hydroxyl groups is 1. The van der Waals surface area contributed by atoms with Crippen LogP contribution < -0.4 is 0 Å². The van der Waals surface area contributed by atoms with Crippen molar-refractivity contribution in [1.82, 2.24) is 0 Å². The van der Waals surface area contributed by atoms with Crippen LogP contribution in [0.25, 0.3) is 0 Å². The number of phenols is 1. The summed E-state index contributed by atoms with van der Waals surface area (Å²) in [6.45, 7) is 13.3. The third-order valence-corrected chi connectivity index (χ3v) is 6.74. The minimum Gasteiger partial charge on any atom is -0.507 e. The maximum absolute atomic E-state index is 10.3. The molecule has 2 heteroatoms. The van der Waals surface area contributed by atoms with Crippen LogP contribution in [0.3, 0.4) is 0 Å². The first-order valence-corrected chi connectivity index (χ1v) is 9.07. The number of fused-ring (bicyclic) bond motifs is 1. The van der Waals surface area contributed by atoms with Crippen molar-refractivity contribution in [2.45, 2.75) is 83.3 Å². The Balaban J connectivity index is 2.24. The van der Waals surface area contributed by atoms with E-state index in [4.69, 9.17) is 0 Å². The van der Waals surface area contributed by atoms with E-state index < -0.39 is 0 Å². The summed E-state index contributed by atoms with van der Waals surface area (Å²) in [5, 5.41) is 10.3. The normalized spacial score (nSPS) is 21.7. The van der Waals surface area contributed by atoms with E-state index in [-0.39, 0.29) is 0 Å². The highest BCUT2D eigenvalue weighted by Crippen LogP contribution is 2.50. The number of phenolic OH excluding ortho intramolecular Hbond substituents is 1. The van der Waals surface area contributed by atoms with E-state index in [1.807, 2.05) is 6.92 Å². The number of hydrogen-bond donors (Lipinski definition) is 1. The van der Waals surface area contributed by atoms with Gasteiger partial charge in [-0.2, -0.15) is 0 Å². The fourth-order valence-electron chi connectivity index (χ4n) is 3.36. The fourth-order valence-corrected chi connectivity index (χ4v) is 4.98. The first-order chi connectivity index (χ1) is 9.75. The number of benzene rings is 1. The van der Waals surface area contributed by atoms with Crippen molar-refractivity contribution in [2.75, 3.05) is 0 Å². The molecule has 118 valence electrons. The number of rotatable bonds is 4. The van der Waals surface area contributed by atoms with Crippen LogP contribution in [0.4, 0.5) is 0 Å². The van der Waals surface area contributed by atoms with Crippen molar-refractivity contribution in [1.29, 1.82) is 0 Å². The van der Waals surface area contributed by atoms with E-state index in [0.29, 0.717) is 10.5 Å². The molecule has 21 heavy (non-hydrogen) atoms. The van der Waals surface area contributed by atoms with Crippen LogP contribution in [0.1, 0.15) is 68.7 Å². The molecule has 1 unspecified atom stereocenters. The van der Waals surface area contributed by atoms with E-state index in [9.17, 15) is 5.11 Å². The molecule has 0 saturated heterocycles. The van der Waals surface area contributed by atoms with Gasteiger partial charge in [0.2, 0.25) is 0 Å². The van der Waals surface area contributed by atoms with Gasteiger partial charge >= 0.3 is 0 Å². The SMILES string of the molecule is Cc1c(C)c2c(c(C)c1O)CCC(C)(CCCC(C)C)S2. The topological polar surface area (TPSA) is 20.2 Å². The predicted molar refractivity (Wildman–Crippen MR) is 93.6 cm³/mol. The number of thioether (sulfide) groups is 1. The molecule has 0 aliphatic carbocycles. The minimum atomic E-state index is 0.364. The van der Waals surface area contributed by atoms with Gasteiger partial charge in [0.1, 0.15) is 5.75 Å². The van der Waals surface area contributed by atoms with Crippen LogP contribution in [-0.4, -0.2) is 9.85 Å². The molecule has 1 aliphatic heterocycles. The first-order valence-electron chi connectivity index (χ1n) is 8.26. The molecule has 0 aromatic heterocycles. The summed E-state index contributed by atoms with van der Waals surface area (Å²) in [4.78, 5) is 1.45. The maximum atomic E-state index is 10.3. The Labute approximate surface area is 134 Å². The van der Waals surface area contributed by atoms with E-state index >= 15 is 0 Å². The lowest BCUT2D eigenvalue weighted by Gasteiger charge is -2.36. The van der Waals surface area contributed by atoms with Crippen molar-refractivity contribution in [2.24, 2.45) is 5.92 Å². The van der Waals surface area contributed by atoms with Gasteiger partial charge in [-0.05, 0) is 68.2 Å². The second kappa shape index (κ2) is 6.24. The van der Waals surface area contributed by atoms with Crippen molar-refractivity contribution in [3.8, 4) is 5.75 Å². The summed E-state index contributed by atoms with van der Waals surface area (Å²) < 4.78 is 0.364. The van der Waals surface area contributed by atoms with E-state index in [0.717, 1.165) is 23.5 Å². The summed E-state index contributed by atoms with van der Waals surface area (Å²) >= 11 is 2.06. The van der Waals surface area contributed by atoms with Gasteiger partial charge in [0.25, 0.3) is 0 Å². The standard InChI is InChI=1S/C19H30OS/c1-12(2)8-7-10-19(6)11-9-16-15(5)17(20)13(3)14(4)18(16)21-19/h12,20H,7-11H2,1-6H3. The molecule has 0 spiro atoms. The Morgan fingerprint density at radius 2 is 1.81 bits per heavy atom. The molecular weight excluding hydrogens is 276 g/mol. The highest BCUT2D eigenvalue weighted by atomic mass is 32.2. The monoisotopic (exact) mass is 306 g/mol. The summed E-state index contributed by atoms with van der Waals surface area (Å²) in [6, 6.07) is 0. The molecule has 1 aromatic carbocycles. The van der Waals surface area contributed by atoms with Crippen LogP contribution in [0.5, 0.6) is 5.75 Å². The molecule has 1 aromatic rings. The zero-order chi connectivity index (χ0) is 15.8. The quantitative estimate of drug-likeness (QED) is 0.742. The van der Waals surface area contributed by atoms with Gasteiger partial charge in [0.05, 0.1) is 0 Å². The summed E-state index contributed by atoms with van der Waals surface area (Å²) in [5.74, 6) is 1.31. The van der Waals surface area contributed by atoms with Gasteiger partial charge < -0.3 is 5.11 Å². The van der Waals surface area contributed by atoms with E-state index in [1.165, 1.54) is 41.7 Å². The molecule has 0 amide bonds. The average Bonchev–Trinajstić information content (AvgIpc) is 2.42. The molecule has 1 heterocycles. The Morgan fingerprint density at radius 1 is 1.14 bits per heavy atom. The Bertz CT molecular complexity index is 533. The van der Waals surface area contributed by atoms with Crippen molar-refractivity contribution in [3.63, 3.8) is 0 Å². The largest absolute Gasteiger partial charge is 0.507 e. The van der Waals surface area contributed by atoms with E-state index in [2.05, 4.69) is 46.4 Å². The second-order valence-electron chi connectivity index (χ2n) is 7.37. The molecule has 1 aliphatic rings. The smallest absolute Gasteiger partial charge is 0.122 e. The molecule has 1 N–H and O–H groups in total.